The summed E-state index contributed by atoms with van der Waals surface area (Å²) in [7, 11) is 0. The maximum atomic E-state index is 11.9. The van der Waals surface area contributed by atoms with Gasteiger partial charge in [-0.05, 0) is 18.4 Å². The number of thioether (sulfide) groups is 1. The standard InChI is InChI=1S/C14H21N5O5S/c1-25-4-2-3-23-10-7(5-20)24-13(9(10)21)19-6-16-8-11(19)17-14(15)18-12(8)22/h6-7,9-10,13,20-21H,2-5H2,1H3,(H3,15,17,18,22)/t7-,9?,10?,13-/m1/s1. The molecule has 3 rings (SSSR count). The SMILES string of the molecule is CSCCCOC1C(O)[C@H](n2cnc3c(=O)[nH]c(N)nc32)O[C@@H]1CO. The van der Waals surface area contributed by atoms with Crippen LogP contribution in [-0.2, 0) is 9.47 Å². The van der Waals surface area contributed by atoms with Crippen molar-refractivity contribution in [3.8, 4) is 0 Å². The molecule has 0 bridgehead atoms. The molecule has 1 aliphatic rings. The van der Waals surface area contributed by atoms with Crippen molar-refractivity contribution in [3.05, 3.63) is 16.7 Å². The molecule has 4 atom stereocenters. The van der Waals surface area contributed by atoms with Crippen LogP contribution in [-0.4, -0.2) is 73.3 Å². The topological polar surface area (TPSA) is 149 Å². The van der Waals surface area contributed by atoms with Crippen LogP contribution in [0.4, 0.5) is 5.95 Å². The molecule has 138 valence electrons. The second-order valence-electron chi connectivity index (χ2n) is 5.70. The molecule has 5 N–H and O–H groups in total. The van der Waals surface area contributed by atoms with Crippen molar-refractivity contribution in [1.29, 1.82) is 0 Å². The van der Waals surface area contributed by atoms with Crippen LogP contribution in [0.1, 0.15) is 12.6 Å². The van der Waals surface area contributed by atoms with Crippen molar-refractivity contribution in [2.24, 2.45) is 0 Å². The third-order valence-corrected chi connectivity index (χ3v) is 4.71. The number of ether oxygens (including phenoxy) is 2. The largest absolute Gasteiger partial charge is 0.394 e. The lowest BCUT2D eigenvalue weighted by atomic mass is 10.1. The Morgan fingerprint density at radius 3 is 3.08 bits per heavy atom. The monoisotopic (exact) mass is 371 g/mol. The number of nitrogen functional groups attached to an aromatic ring is 1. The minimum absolute atomic E-state index is 0.0599. The fraction of sp³-hybridized carbons (Fsp3) is 0.643. The molecule has 25 heavy (non-hydrogen) atoms. The van der Waals surface area contributed by atoms with E-state index in [4.69, 9.17) is 15.2 Å². The molecule has 2 aromatic heterocycles. The third-order valence-electron chi connectivity index (χ3n) is 4.02. The predicted octanol–water partition coefficient (Wildman–Crippen LogP) is -0.909. The molecule has 0 aliphatic carbocycles. The Kier molecular flexibility index (Phi) is 5.59. The van der Waals surface area contributed by atoms with Crippen LogP contribution in [0.25, 0.3) is 11.2 Å². The minimum atomic E-state index is -1.05. The van der Waals surface area contributed by atoms with E-state index in [0.717, 1.165) is 12.2 Å². The first kappa shape index (κ1) is 18.1. The lowest BCUT2D eigenvalue weighted by Gasteiger charge is -2.20. The molecule has 1 aliphatic heterocycles. The van der Waals surface area contributed by atoms with Crippen LogP contribution in [0.3, 0.4) is 0 Å². The smallest absolute Gasteiger partial charge is 0.280 e. The van der Waals surface area contributed by atoms with Crippen molar-refractivity contribution in [3.63, 3.8) is 0 Å². The molecule has 2 unspecified atom stereocenters. The van der Waals surface area contributed by atoms with Gasteiger partial charge in [0.1, 0.15) is 18.3 Å². The number of aromatic amines is 1. The zero-order valence-electron chi connectivity index (χ0n) is 13.7. The Balaban J connectivity index is 1.84. The molecule has 0 spiro atoms. The van der Waals surface area contributed by atoms with Crippen LogP contribution in [0.15, 0.2) is 11.1 Å². The number of H-pyrrole nitrogens is 1. The average Bonchev–Trinajstić information content (AvgIpc) is 3.13. The summed E-state index contributed by atoms with van der Waals surface area (Å²) >= 11 is 1.71. The Labute approximate surface area is 147 Å². The van der Waals surface area contributed by atoms with Gasteiger partial charge in [-0.25, -0.2) is 4.98 Å². The summed E-state index contributed by atoms with van der Waals surface area (Å²) in [6.07, 6.45) is 0.872. The summed E-state index contributed by atoms with van der Waals surface area (Å²) in [6, 6.07) is 0. The molecule has 0 aromatic carbocycles. The van der Waals surface area contributed by atoms with E-state index in [1.807, 2.05) is 6.26 Å². The Morgan fingerprint density at radius 1 is 1.56 bits per heavy atom. The summed E-state index contributed by atoms with van der Waals surface area (Å²) in [5.74, 6) is 0.880. The number of aromatic nitrogens is 4. The summed E-state index contributed by atoms with van der Waals surface area (Å²) in [5, 5.41) is 20.2. The minimum Gasteiger partial charge on any atom is -0.394 e. The molecule has 0 radical (unpaired) electrons. The molecule has 0 amide bonds. The van der Waals surface area contributed by atoms with Gasteiger partial charge in [0.2, 0.25) is 5.95 Å². The van der Waals surface area contributed by atoms with E-state index in [1.54, 1.807) is 11.8 Å². The summed E-state index contributed by atoms with van der Waals surface area (Å²) in [5.41, 5.74) is 5.40. The van der Waals surface area contributed by atoms with E-state index in [-0.39, 0.29) is 23.7 Å². The number of anilines is 1. The van der Waals surface area contributed by atoms with Gasteiger partial charge in [-0.1, -0.05) is 0 Å². The molecule has 1 fully saturated rings. The van der Waals surface area contributed by atoms with Crippen LogP contribution >= 0.6 is 11.8 Å². The number of nitrogens with one attached hydrogen (secondary N) is 1. The summed E-state index contributed by atoms with van der Waals surface area (Å²) in [4.78, 5) is 22.3. The van der Waals surface area contributed by atoms with Gasteiger partial charge in [-0.2, -0.15) is 16.7 Å². The molecular weight excluding hydrogens is 350 g/mol. The Hall–Kier alpha value is -1.66. The first-order valence-electron chi connectivity index (χ1n) is 7.84. The molecule has 11 heteroatoms. The zero-order chi connectivity index (χ0) is 18.0. The maximum absolute atomic E-state index is 11.9. The van der Waals surface area contributed by atoms with Crippen LogP contribution < -0.4 is 11.3 Å². The second kappa shape index (κ2) is 7.70. The predicted molar refractivity (Wildman–Crippen MR) is 92.3 cm³/mol. The van der Waals surface area contributed by atoms with Gasteiger partial charge in [0, 0.05) is 6.61 Å². The lowest BCUT2D eigenvalue weighted by Crippen LogP contribution is -2.36. The van der Waals surface area contributed by atoms with Gasteiger partial charge in [0.25, 0.3) is 5.56 Å². The number of aliphatic hydroxyl groups is 2. The fourth-order valence-electron chi connectivity index (χ4n) is 2.85. The summed E-state index contributed by atoms with van der Waals surface area (Å²) < 4.78 is 12.9. The molecular formula is C14H21N5O5S. The van der Waals surface area contributed by atoms with Gasteiger partial charge in [0.05, 0.1) is 12.9 Å². The number of nitrogens with two attached hydrogens (primary N) is 1. The summed E-state index contributed by atoms with van der Waals surface area (Å²) in [6.45, 7) is 0.147. The van der Waals surface area contributed by atoms with E-state index in [9.17, 15) is 15.0 Å². The number of hydrogen-bond acceptors (Lipinski definition) is 9. The van der Waals surface area contributed by atoms with Crippen molar-refractivity contribution in [1.82, 2.24) is 19.5 Å². The number of nitrogens with zero attached hydrogens (tertiary/aromatic N) is 3. The fourth-order valence-corrected chi connectivity index (χ4v) is 3.26. The molecule has 10 nitrogen and oxygen atoms in total. The molecule has 0 saturated carbocycles. The first-order valence-corrected chi connectivity index (χ1v) is 9.23. The highest BCUT2D eigenvalue weighted by Gasteiger charge is 2.45. The quantitative estimate of drug-likeness (QED) is 0.454. The maximum Gasteiger partial charge on any atom is 0.280 e. The number of rotatable bonds is 7. The molecule has 3 heterocycles. The van der Waals surface area contributed by atoms with Gasteiger partial charge >= 0.3 is 0 Å². The highest BCUT2D eigenvalue weighted by Crippen LogP contribution is 2.32. The number of imidazole rings is 1. The molecule has 1 saturated heterocycles. The highest BCUT2D eigenvalue weighted by atomic mass is 32.2. The van der Waals surface area contributed by atoms with Crippen molar-refractivity contribution in [2.45, 2.75) is 31.0 Å². The molecule has 2 aromatic rings. The van der Waals surface area contributed by atoms with Gasteiger partial charge < -0.3 is 25.4 Å². The van der Waals surface area contributed by atoms with Gasteiger partial charge in [-0.15, -0.1) is 0 Å². The average molecular weight is 371 g/mol. The van der Waals surface area contributed by atoms with Gasteiger partial charge in [-0.3, -0.25) is 14.3 Å². The second-order valence-corrected chi connectivity index (χ2v) is 6.68. The normalized spacial score (nSPS) is 26.5. The first-order chi connectivity index (χ1) is 12.1. The van der Waals surface area contributed by atoms with Crippen molar-refractivity contribution >= 4 is 28.9 Å². The third kappa shape index (κ3) is 3.51. The van der Waals surface area contributed by atoms with Crippen LogP contribution in [0.5, 0.6) is 0 Å². The van der Waals surface area contributed by atoms with Crippen molar-refractivity contribution in [2.75, 3.05) is 31.0 Å². The van der Waals surface area contributed by atoms with E-state index in [2.05, 4.69) is 15.0 Å². The van der Waals surface area contributed by atoms with Crippen LogP contribution in [0, 0.1) is 0 Å². The van der Waals surface area contributed by atoms with Gasteiger partial charge in [0.15, 0.2) is 17.4 Å². The lowest BCUT2D eigenvalue weighted by molar-refractivity contribution is -0.0602. The number of hydrogen-bond donors (Lipinski definition) is 4. The number of fused-ring (bicyclic) bond motifs is 1. The van der Waals surface area contributed by atoms with E-state index >= 15 is 0 Å². The van der Waals surface area contributed by atoms with Crippen molar-refractivity contribution < 1.29 is 19.7 Å². The van der Waals surface area contributed by atoms with E-state index in [0.29, 0.717) is 6.61 Å². The Bertz CT molecular complexity index is 781. The van der Waals surface area contributed by atoms with E-state index < -0.39 is 30.1 Å². The van der Waals surface area contributed by atoms with E-state index in [1.165, 1.54) is 10.9 Å². The zero-order valence-corrected chi connectivity index (χ0v) is 14.5. The highest BCUT2D eigenvalue weighted by molar-refractivity contribution is 7.98. The van der Waals surface area contributed by atoms with Crippen LogP contribution in [0.2, 0.25) is 0 Å². The number of aliphatic hydroxyl groups excluding tert-OH is 2. The Morgan fingerprint density at radius 2 is 2.36 bits per heavy atom.